The number of benzene rings is 2. The van der Waals surface area contributed by atoms with Crippen LogP contribution in [0.5, 0.6) is 0 Å². The maximum atomic E-state index is 12.6. The van der Waals surface area contributed by atoms with Crippen molar-refractivity contribution in [3.8, 4) is 11.3 Å². The molecule has 1 aromatic heterocycles. The van der Waals surface area contributed by atoms with Gasteiger partial charge >= 0.3 is 0 Å². The molecule has 2 aromatic carbocycles. The van der Waals surface area contributed by atoms with Gasteiger partial charge in [-0.1, -0.05) is 35.5 Å². The second kappa shape index (κ2) is 10.4. The van der Waals surface area contributed by atoms with Crippen molar-refractivity contribution in [1.29, 1.82) is 0 Å². The van der Waals surface area contributed by atoms with E-state index < -0.39 is 9.84 Å². The predicted octanol–water partition coefficient (Wildman–Crippen LogP) is 3.47. The first-order chi connectivity index (χ1) is 14.9. The Morgan fingerprint density at radius 3 is 2.48 bits per heavy atom. The summed E-state index contributed by atoms with van der Waals surface area (Å²) in [5, 5.41) is 4.10. The van der Waals surface area contributed by atoms with Gasteiger partial charge in [-0.3, -0.25) is 4.79 Å². The van der Waals surface area contributed by atoms with Crippen LogP contribution < -0.4 is 0 Å². The summed E-state index contributed by atoms with van der Waals surface area (Å²) in [6.07, 6.45) is 1.38. The Hall–Kier alpha value is -2.97. The van der Waals surface area contributed by atoms with Gasteiger partial charge < -0.3 is 14.2 Å². The van der Waals surface area contributed by atoms with E-state index >= 15 is 0 Å². The van der Waals surface area contributed by atoms with Crippen LogP contribution >= 0.6 is 0 Å². The zero-order valence-corrected chi connectivity index (χ0v) is 18.5. The molecule has 0 aliphatic rings. The number of rotatable bonds is 10. The Kier molecular flexibility index (Phi) is 7.59. The standard InChI is InChI=1S/C23H26N2O5S/c1-25(14-6-9-20-17-22(24-30-20)18-7-4-3-5-8-18)23(26)19-10-12-21(13-11-19)31(27,28)16-15-29-2/h3-5,7-8,10-13,17H,6,9,14-16H2,1-2H3. The van der Waals surface area contributed by atoms with Gasteiger partial charge in [0, 0.05) is 44.3 Å². The minimum Gasteiger partial charge on any atom is -0.384 e. The molecule has 0 spiro atoms. The van der Waals surface area contributed by atoms with Gasteiger partial charge in [-0.05, 0) is 30.7 Å². The Balaban J connectivity index is 1.52. The molecule has 0 N–H and O–H groups in total. The molecule has 1 amide bonds. The van der Waals surface area contributed by atoms with Crippen molar-refractivity contribution in [2.75, 3.05) is 33.1 Å². The third kappa shape index (κ3) is 6.02. The van der Waals surface area contributed by atoms with E-state index in [0.717, 1.165) is 23.4 Å². The van der Waals surface area contributed by atoms with Crippen molar-refractivity contribution >= 4 is 15.7 Å². The highest BCUT2D eigenvalue weighted by molar-refractivity contribution is 7.91. The van der Waals surface area contributed by atoms with Gasteiger partial charge in [0.05, 0.1) is 17.3 Å². The fourth-order valence-corrected chi connectivity index (χ4v) is 4.28. The van der Waals surface area contributed by atoms with Crippen molar-refractivity contribution in [1.82, 2.24) is 10.1 Å². The zero-order valence-electron chi connectivity index (χ0n) is 17.7. The lowest BCUT2D eigenvalue weighted by Crippen LogP contribution is -2.28. The van der Waals surface area contributed by atoms with E-state index in [4.69, 9.17) is 9.26 Å². The summed E-state index contributed by atoms with van der Waals surface area (Å²) in [4.78, 5) is 14.4. The van der Waals surface area contributed by atoms with Gasteiger partial charge in [0.1, 0.15) is 11.5 Å². The van der Waals surface area contributed by atoms with E-state index in [2.05, 4.69) is 5.16 Å². The SMILES string of the molecule is COCCS(=O)(=O)c1ccc(C(=O)N(C)CCCc2cc(-c3ccccc3)no2)cc1. The van der Waals surface area contributed by atoms with Crippen LogP contribution in [-0.2, 0) is 21.0 Å². The summed E-state index contributed by atoms with van der Waals surface area (Å²) in [5.41, 5.74) is 2.23. The van der Waals surface area contributed by atoms with Gasteiger partial charge in [0.15, 0.2) is 9.84 Å². The smallest absolute Gasteiger partial charge is 0.253 e. The van der Waals surface area contributed by atoms with Crippen LogP contribution in [0.1, 0.15) is 22.5 Å². The van der Waals surface area contributed by atoms with E-state index in [1.54, 1.807) is 24.1 Å². The quantitative estimate of drug-likeness (QED) is 0.478. The first kappa shape index (κ1) is 22.7. The lowest BCUT2D eigenvalue weighted by Gasteiger charge is -2.17. The third-order valence-corrected chi connectivity index (χ3v) is 6.60. The summed E-state index contributed by atoms with van der Waals surface area (Å²) in [6, 6.07) is 17.7. The Labute approximate surface area is 182 Å². The average Bonchev–Trinajstić information content (AvgIpc) is 3.27. The van der Waals surface area contributed by atoms with Crippen LogP contribution in [0.15, 0.2) is 70.1 Å². The average molecular weight is 443 g/mol. The highest BCUT2D eigenvalue weighted by atomic mass is 32.2. The molecule has 164 valence electrons. The number of ether oxygens (including phenoxy) is 1. The van der Waals surface area contributed by atoms with Gasteiger partial charge in [0.25, 0.3) is 5.91 Å². The molecule has 8 heteroatoms. The highest BCUT2D eigenvalue weighted by Crippen LogP contribution is 2.19. The maximum absolute atomic E-state index is 12.6. The molecule has 0 fully saturated rings. The summed E-state index contributed by atoms with van der Waals surface area (Å²) in [5.74, 6) is 0.512. The van der Waals surface area contributed by atoms with Gasteiger partial charge in [0.2, 0.25) is 0 Å². The fourth-order valence-electron chi connectivity index (χ4n) is 3.10. The molecule has 3 aromatic rings. The lowest BCUT2D eigenvalue weighted by atomic mass is 10.1. The van der Waals surface area contributed by atoms with Crippen LogP contribution in [0.4, 0.5) is 0 Å². The molecule has 0 atom stereocenters. The van der Waals surface area contributed by atoms with Gasteiger partial charge in [-0.15, -0.1) is 0 Å². The number of hydrogen-bond acceptors (Lipinski definition) is 6. The molecule has 3 rings (SSSR count). The molecule has 0 bridgehead atoms. The molecule has 1 heterocycles. The number of carbonyl (C=O) groups excluding carboxylic acids is 1. The zero-order chi connectivity index (χ0) is 22.3. The molecular weight excluding hydrogens is 416 g/mol. The number of aryl methyl sites for hydroxylation is 1. The van der Waals surface area contributed by atoms with E-state index in [1.807, 2.05) is 36.4 Å². The number of methoxy groups -OCH3 is 1. The number of sulfone groups is 1. The van der Waals surface area contributed by atoms with Crippen molar-refractivity contribution in [2.45, 2.75) is 17.7 Å². The van der Waals surface area contributed by atoms with Crippen LogP contribution in [0.3, 0.4) is 0 Å². The molecule has 0 radical (unpaired) electrons. The van der Waals surface area contributed by atoms with Crippen molar-refractivity contribution in [3.05, 3.63) is 72.0 Å². The largest absolute Gasteiger partial charge is 0.384 e. The molecule has 0 aliphatic heterocycles. The Bertz CT molecular complexity index is 1090. The normalized spacial score (nSPS) is 11.4. The summed E-state index contributed by atoms with van der Waals surface area (Å²) in [7, 11) is -0.235. The molecule has 0 aliphatic carbocycles. The summed E-state index contributed by atoms with van der Waals surface area (Å²) >= 11 is 0. The number of nitrogens with zero attached hydrogens (tertiary/aromatic N) is 2. The van der Waals surface area contributed by atoms with E-state index in [1.165, 1.54) is 19.2 Å². The molecule has 31 heavy (non-hydrogen) atoms. The summed E-state index contributed by atoms with van der Waals surface area (Å²) in [6.45, 7) is 0.665. The second-order valence-electron chi connectivity index (χ2n) is 7.21. The van der Waals surface area contributed by atoms with Crippen LogP contribution in [0, 0.1) is 0 Å². The van der Waals surface area contributed by atoms with Crippen molar-refractivity contribution in [2.24, 2.45) is 0 Å². The van der Waals surface area contributed by atoms with Crippen LogP contribution in [0.2, 0.25) is 0 Å². The van der Waals surface area contributed by atoms with Crippen LogP contribution in [-0.4, -0.2) is 57.4 Å². The fraction of sp³-hybridized carbons (Fsp3) is 0.304. The minimum atomic E-state index is -3.41. The molecular formula is C23H26N2O5S. The van der Waals surface area contributed by atoms with E-state index in [-0.39, 0.29) is 23.2 Å². The van der Waals surface area contributed by atoms with Gasteiger partial charge in [-0.25, -0.2) is 8.42 Å². The number of hydrogen-bond donors (Lipinski definition) is 0. The molecule has 0 saturated carbocycles. The molecule has 7 nitrogen and oxygen atoms in total. The van der Waals surface area contributed by atoms with Gasteiger partial charge in [-0.2, -0.15) is 0 Å². The molecule has 0 unspecified atom stereocenters. The first-order valence-corrected chi connectivity index (χ1v) is 11.6. The summed E-state index contributed by atoms with van der Waals surface area (Å²) < 4.78 is 34.6. The number of amides is 1. The highest BCUT2D eigenvalue weighted by Gasteiger charge is 2.17. The minimum absolute atomic E-state index is 0.0929. The Morgan fingerprint density at radius 2 is 1.81 bits per heavy atom. The first-order valence-electron chi connectivity index (χ1n) is 9.99. The Morgan fingerprint density at radius 1 is 1.10 bits per heavy atom. The van der Waals surface area contributed by atoms with E-state index in [0.29, 0.717) is 18.5 Å². The lowest BCUT2D eigenvalue weighted by molar-refractivity contribution is 0.0792. The van der Waals surface area contributed by atoms with Crippen molar-refractivity contribution in [3.63, 3.8) is 0 Å². The second-order valence-corrected chi connectivity index (χ2v) is 9.32. The third-order valence-electron chi connectivity index (χ3n) is 4.91. The molecule has 0 saturated heterocycles. The predicted molar refractivity (Wildman–Crippen MR) is 118 cm³/mol. The number of aromatic nitrogens is 1. The van der Waals surface area contributed by atoms with Crippen molar-refractivity contribution < 1.29 is 22.5 Å². The van der Waals surface area contributed by atoms with Crippen LogP contribution in [0.25, 0.3) is 11.3 Å². The monoisotopic (exact) mass is 442 g/mol. The topological polar surface area (TPSA) is 89.7 Å². The maximum Gasteiger partial charge on any atom is 0.253 e. The number of carbonyl (C=O) groups is 1. The van der Waals surface area contributed by atoms with E-state index in [9.17, 15) is 13.2 Å².